The van der Waals surface area contributed by atoms with E-state index in [1.165, 1.54) is 6.92 Å². The van der Waals surface area contributed by atoms with E-state index in [1.807, 2.05) is 6.92 Å². The Labute approximate surface area is 183 Å². The van der Waals surface area contributed by atoms with Crippen molar-refractivity contribution in [2.24, 2.45) is 0 Å². The van der Waals surface area contributed by atoms with Crippen LogP contribution in [0, 0.1) is 0 Å². The summed E-state index contributed by atoms with van der Waals surface area (Å²) in [7, 11) is 3.58. The predicted molar refractivity (Wildman–Crippen MR) is 107 cm³/mol. The number of alkyl halides is 6. The van der Waals surface area contributed by atoms with Crippen LogP contribution in [0.5, 0.6) is 0 Å². The Morgan fingerprint density at radius 3 is 2.19 bits per heavy atom. The van der Waals surface area contributed by atoms with Crippen LogP contribution in [-0.4, -0.2) is 56.2 Å². The maximum atomic E-state index is 13.1. The summed E-state index contributed by atoms with van der Waals surface area (Å²) in [6.45, 7) is 4.13. The van der Waals surface area contributed by atoms with Crippen LogP contribution in [0.4, 0.5) is 26.3 Å². The van der Waals surface area contributed by atoms with Crippen LogP contribution in [0.2, 0.25) is 0 Å². The number of hydrogen-bond acceptors (Lipinski definition) is 4. The van der Waals surface area contributed by atoms with Gasteiger partial charge in [-0.2, -0.15) is 26.3 Å². The average molecular weight is 469 g/mol. The van der Waals surface area contributed by atoms with Crippen LogP contribution in [0.3, 0.4) is 0 Å². The van der Waals surface area contributed by atoms with Crippen molar-refractivity contribution in [1.82, 2.24) is 15.5 Å². The van der Waals surface area contributed by atoms with Crippen molar-refractivity contribution in [3.63, 3.8) is 0 Å². The van der Waals surface area contributed by atoms with Crippen molar-refractivity contribution >= 4 is 5.91 Å². The molecule has 2 N–H and O–H groups in total. The normalized spacial score (nSPS) is 23.3. The maximum Gasteiger partial charge on any atom is 0.416 e. The Kier molecular flexibility index (Phi) is 8.22. The van der Waals surface area contributed by atoms with E-state index < -0.39 is 35.1 Å². The molecule has 0 spiro atoms. The van der Waals surface area contributed by atoms with Gasteiger partial charge in [0.2, 0.25) is 5.91 Å². The molecule has 5 nitrogen and oxygen atoms in total. The highest BCUT2D eigenvalue weighted by Gasteiger charge is 2.38. The molecular weight excluding hydrogens is 440 g/mol. The molecule has 1 aliphatic heterocycles. The molecule has 0 aromatic heterocycles. The zero-order chi connectivity index (χ0) is 24.3. The SMILES string of the molecule is CC(OCC1(C)CCC(NC(=O)CN(C)C)CN1)c1cc(C(F)(F)F)cc(C(F)(F)F)c1. The molecule has 1 aromatic rings. The minimum absolute atomic E-state index is 0.0641. The number of nitrogens with zero attached hydrogens (tertiary/aromatic N) is 1. The van der Waals surface area contributed by atoms with E-state index in [9.17, 15) is 31.1 Å². The second-order valence-corrected chi connectivity index (χ2v) is 8.77. The fourth-order valence-electron chi connectivity index (χ4n) is 3.48. The molecule has 182 valence electrons. The molecule has 0 aliphatic carbocycles. The summed E-state index contributed by atoms with van der Waals surface area (Å²) in [4.78, 5) is 13.6. The highest BCUT2D eigenvalue weighted by molar-refractivity contribution is 5.78. The molecule has 1 heterocycles. The summed E-state index contributed by atoms with van der Waals surface area (Å²) >= 11 is 0. The summed E-state index contributed by atoms with van der Waals surface area (Å²) in [5.41, 5.74) is -3.45. The average Bonchev–Trinajstić information content (AvgIpc) is 2.66. The number of halogens is 6. The molecule has 0 radical (unpaired) electrons. The van der Waals surface area contributed by atoms with Crippen LogP contribution in [0.1, 0.15) is 49.5 Å². The minimum atomic E-state index is -4.90. The second kappa shape index (κ2) is 9.96. The van der Waals surface area contributed by atoms with Gasteiger partial charge in [0, 0.05) is 18.1 Å². The number of piperidine rings is 1. The first-order chi connectivity index (χ1) is 14.6. The lowest BCUT2D eigenvalue weighted by Gasteiger charge is -2.39. The number of rotatable bonds is 7. The molecule has 1 saturated heterocycles. The molecule has 32 heavy (non-hydrogen) atoms. The van der Waals surface area contributed by atoms with Crippen molar-refractivity contribution < 1.29 is 35.9 Å². The molecule has 1 fully saturated rings. The number of ether oxygens (including phenoxy) is 1. The van der Waals surface area contributed by atoms with Crippen molar-refractivity contribution in [3.05, 3.63) is 34.9 Å². The third-order valence-electron chi connectivity index (χ3n) is 5.38. The highest BCUT2D eigenvalue weighted by atomic mass is 19.4. The molecule has 3 unspecified atom stereocenters. The van der Waals surface area contributed by atoms with Crippen molar-refractivity contribution in [2.45, 2.75) is 56.7 Å². The van der Waals surface area contributed by atoms with E-state index in [1.54, 1.807) is 19.0 Å². The maximum absolute atomic E-state index is 13.1. The van der Waals surface area contributed by atoms with Gasteiger partial charge in [-0.3, -0.25) is 4.79 Å². The van der Waals surface area contributed by atoms with Gasteiger partial charge in [-0.25, -0.2) is 0 Å². The Balaban J connectivity index is 2.00. The Bertz CT molecular complexity index is 754. The summed E-state index contributed by atoms with van der Waals surface area (Å²) in [5.74, 6) is -0.0970. The van der Waals surface area contributed by atoms with Gasteiger partial charge in [0.25, 0.3) is 0 Å². The Morgan fingerprint density at radius 1 is 1.19 bits per heavy atom. The lowest BCUT2D eigenvalue weighted by atomic mass is 9.89. The monoisotopic (exact) mass is 469 g/mol. The molecule has 1 aliphatic rings. The van der Waals surface area contributed by atoms with Crippen molar-refractivity contribution in [3.8, 4) is 0 Å². The van der Waals surface area contributed by atoms with Gasteiger partial charge in [-0.1, -0.05) is 0 Å². The molecule has 0 bridgehead atoms. The van der Waals surface area contributed by atoms with E-state index in [0.29, 0.717) is 31.5 Å². The van der Waals surface area contributed by atoms with Crippen molar-refractivity contribution in [2.75, 3.05) is 33.8 Å². The minimum Gasteiger partial charge on any atom is -0.372 e. The fraction of sp³-hybridized carbons (Fsp3) is 0.667. The fourth-order valence-corrected chi connectivity index (χ4v) is 3.48. The number of amides is 1. The molecule has 2 rings (SSSR count). The van der Waals surface area contributed by atoms with Gasteiger partial charge in [-0.05, 0) is 64.5 Å². The second-order valence-electron chi connectivity index (χ2n) is 8.77. The van der Waals surface area contributed by atoms with E-state index in [4.69, 9.17) is 4.74 Å². The number of carbonyl (C=O) groups is 1. The lowest BCUT2D eigenvalue weighted by molar-refractivity contribution is -0.143. The number of nitrogens with one attached hydrogen (secondary N) is 2. The zero-order valence-electron chi connectivity index (χ0n) is 18.5. The Morgan fingerprint density at radius 2 is 1.75 bits per heavy atom. The molecular formula is C21H29F6N3O2. The van der Waals surface area contributed by atoms with Gasteiger partial charge < -0.3 is 20.3 Å². The number of carbonyl (C=O) groups excluding carboxylic acids is 1. The summed E-state index contributed by atoms with van der Waals surface area (Å²) < 4.78 is 84.2. The van der Waals surface area contributed by atoms with Crippen LogP contribution in [0.15, 0.2) is 18.2 Å². The number of hydrogen-bond donors (Lipinski definition) is 2. The lowest BCUT2D eigenvalue weighted by Crippen LogP contribution is -2.58. The third kappa shape index (κ3) is 7.63. The zero-order valence-corrected chi connectivity index (χ0v) is 18.5. The summed E-state index contributed by atoms with van der Waals surface area (Å²) in [5, 5.41) is 6.19. The first-order valence-electron chi connectivity index (χ1n) is 10.2. The highest BCUT2D eigenvalue weighted by Crippen LogP contribution is 2.38. The van der Waals surface area contributed by atoms with E-state index in [2.05, 4.69) is 10.6 Å². The number of benzene rings is 1. The van der Waals surface area contributed by atoms with Crippen LogP contribution in [-0.2, 0) is 21.9 Å². The molecule has 1 aromatic carbocycles. The first kappa shape index (κ1) is 26.4. The largest absolute Gasteiger partial charge is 0.416 e. The molecule has 3 atom stereocenters. The van der Waals surface area contributed by atoms with Crippen LogP contribution < -0.4 is 10.6 Å². The third-order valence-corrected chi connectivity index (χ3v) is 5.38. The molecule has 0 saturated carbocycles. The van der Waals surface area contributed by atoms with Gasteiger partial charge in [0.1, 0.15) is 0 Å². The van der Waals surface area contributed by atoms with Gasteiger partial charge in [-0.15, -0.1) is 0 Å². The quantitative estimate of drug-likeness (QED) is 0.593. The van der Waals surface area contributed by atoms with Gasteiger partial charge >= 0.3 is 12.4 Å². The standard InChI is InChI=1S/C21H29F6N3O2/c1-13(14-7-15(20(22,23)24)9-16(8-14)21(25,26)27)32-12-19(2)6-5-17(10-28-19)29-18(31)11-30(3)4/h7-9,13,17,28H,5-6,10-12H2,1-4H3,(H,29,31). The van der Waals surface area contributed by atoms with Crippen molar-refractivity contribution in [1.29, 1.82) is 0 Å². The topological polar surface area (TPSA) is 53.6 Å². The predicted octanol–water partition coefficient (Wildman–Crippen LogP) is 3.99. The van der Waals surface area contributed by atoms with E-state index in [0.717, 1.165) is 0 Å². The van der Waals surface area contributed by atoms with E-state index >= 15 is 0 Å². The van der Waals surface area contributed by atoms with Crippen LogP contribution >= 0.6 is 0 Å². The van der Waals surface area contributed by atoms with E-state index in [-0.39, 0.29) is 36.7 Å². The first-order valence-corrected chi connectivity index (χ1v) is 10.2. The Hall–Kier alpha value is -1.85. The van der Waals surface area contributed by atoms with Gasteiger partial charge in [0.15, 0.2) is 0 Å². The molecule has 11 heteroatoms. The molecule has 1 amide bonds. The number of likely N-dealkylation sites (N-methyl/N-ethyl adjacent to an activating group) is 1. The smallest absolute Gasteiger partial charge is 0.372 e. The van der Waals surface area contributed by atoms with Gasteiger partial charge in [0.05, 0.1) is 30.4 Å². The van der Waals surface area contributed by atoms with Crippen LogP contribution in [0.25, 0.3) is 0 Å². The summed E-state index contributed by atoms with van der Waals surface area (Å²) in [6.07, 6.45) is -9.50. The summed E-state index contributed by atoms with van der Waals surface area (Å²) in [6, 6.07) is 1.41.